The first-order valence-electron chi connectivity index (χ1n) is 5.75. The standard InChI is InChI=1S/C12H19ClN2OS/c1-3-14-12-5-4-10(13)11(15-12)8-17-7-9(2)6-16/h4-5,9,16H,3,6-8H2,1-2H3,(H,14,15). The molecule has 0 aliphatic heterocycles. The van der Waals surface area contributed by atoms with E-state index in [1.54, 1.807) is 11.8 Å². The Balaban J connectivity index is 2.54. The van der Waals surface area contributed by atoms with E-state index in [9.17, 15) is 0 Å². The van der Waals surface area contributed by atoms with E-state index >= 15 is 0 Å². The average Bonchev–Trinajstić information content (AvgIpc) is 2.33. The minimum atomic E-state index is 0.228. The predicted molar refractivity (Wildman–Crippen MR) is 75.8 cm³/mol. The smallest absolute Gasteiger partial charge is 0.126 e. The Labute approximate surface area is 112 Å². The maximum Gasteiger partial charge on any atom is 0.126 e. The van der Waals surface area contributed by atoms with Crippen molar-refractivity contribution in [3.8, 4) is 0 Å². The van der Waals surface area contributed by atoms with Gasteiger partial charge in [-0.25, -0.2) is 4.98 Å². The zero-order valence-corrected chi connectivity index (χ0v) is 11.8. The van der Waals surface area contributed by atoms with Crippen LogP contribution in [0, 0.1) is 5.92 Å². The number of nitrogens with zero attached hydrogens (tertiary/aromatic N) is 1. The fraction of sp³-hybridized carbons (Fsp3) is 0.583. The zero-order chi connectivity index (χ0) is 12.7. The summed E-state index contributed by atoms with van der Waals surface area (Å²) in [5, 5.41) is 12.8. The van der Waals surface area contributed by atoms with Gasteiger partial charge in [0.15, 0.2) is 0 Å². The Hall–Kier alpha value is -0.450. The molecule has 0 radical (unpaired) electrons. The topological polar surface area (TPSA) is 45.1 Å². The molecular formula is C12H19ClN2OS. The highest BCUT2D eigenvalue weighted by molar-refractivity contribution is 7.98. The highest BCUT2D eigenvalue weighted by Crippen LogP contribution is 2.22. The first kappa shape index (κ1) is 14.6. The summed E-state index contributed by atoms with van der Waals surface area (Å²) in [5.74, 6) is 2.88. The van der Waals surface area contributed by atoms with Gasteiger partial charge < -0.3 is 10.4 Å². The molecule has 0 fully saturated rings. The maximum absolute atomic E-state index is 8.94. The van der Waals surface area contributed by atoms with Gasteiger partial charge >= 0.3 is 0 Å². The van der Waals surface area contributed by atoms with Gasteiger partial charge in [-0.2, -0.15) is 11.8 Å². The Morgan fingerprint density at radius 2 is 2.29 bits per heavy atom. The summed E-state index contributed by atoms with van der Waals surface area (Å²) < 4.78 is 0. The number of anilines is 1. The van der Waals surface area contributed by atoms with Crippen LogP contribution in [0.15, 0.2) is 12.1 Å². The number of halogens is 1. The van der Waals surface area contributed by atoms with Crippen molar-refractivity contribution in [2.75, 3.05) is 24.2 Å². The minimum Gasteiger partial charge on any atom is -0.396 e. The minimum absolute atomic E-state index is 0.228. The van der Waals surface area contributed by atoms with Gasteiger partial charge in [-0.3, -0.25) is 0 Å². The summed E-state index contributed by atoms with van der Waals surface area (Å²) in [6, 6.07) is 3.76. The van der Waals surface area contributed by atoms with Crippen molar-refractivity contribution in [2.24, 2.45) is 5.92 Å². The highest BCUT2D eigenvalue weighted by atomic mass is 35.5. The first-order chi connectivity index (χ1) is 8.17. The molecule has 1 heterocycles. The van der Waals surface area contributed by atoms with E-state index in [4.69, 9.17) is 16.7 Å². The fourth-order valence-electron chi connectivity index (χ4n) is 1.27. The number of pyridine rings is 1. The number of hydrogen-bond donors (Lipinski definition) is 2. The van der Waals surface area contributed by atoms with Crippen molar-refractivity contribution in [3.63, 3.8) is 0 Å². The lowest BCUT2D eigenvalue weighted by atomic mass is 10.2. The van der Waals surface area contributed by atoms with Crippen molar-refractivity contribution >= 4 is 29.2 Å². The molecule has 0 amide bonds. The normalized spacial score (nSPS) is 12.5. The molecule has 2 N–H and O–H groups in total. The van der Waals surface area contributed by atoms with E-state index in [0.29, 0.717) is 10.9 Å². The van der Waals surface area contributed by atoms with Gasteiger partial charge in [0, 0.05) is 18.9 Å². The molecule has 1 aromatic heterocycles. The third-order valence-electron chi connectivity index (χ3n) is 2.23. The summed E-state index contributed by atoms with van der Waals surface area (Å²) in [5.41, 5.74) is 0.903. The van der Waals surface area contributed by atoms with Crippen molar-refractivity contribution < 1.29 is 5.11 Å². The van der Waals surface area contributed by atoms with E-state index < -0.39 is 0 Å². The molecule has 0 saturated heterocycles. The van der Waals surface area contributed by atoms with Gasteiger partial charge in [0.2, 0.25) is 0 Å². The molecule has 96 valence electrons. The number of aromatic nitrogens is 1. The highest BCUT2D eigenvalue weighted by Gasteiger charge is 2.06. The molecule has 0 saturated carbocycles. The van der Waals surface area contributed by atoms with Crippen LogP contribution in [0.3, 0.4) is 0 Å². The van der Waals surface area contributed by atoms with Crippen LogP contribution in [-0.2, 0) is 5.75 Å². The molecule has 1 unspecified atom stereocenters. The quantitative estimate of drug-likeness (QED) is 0.802. The van der Waals surface area contributed by atoms with Crippen molar-refractivity contribution in [2.45, 2.75) is 19.6 Å². The molecule has 0 aliphatic carbocycles. The fourth-order valence-corrected chi connectivity index (χ4v) is 2.56. The molecule has 3 nitrogen and oxygen atoms in total. The number of hydrogen-bond acceptors (Lipinski definition) is 4. The van der Waals surface area contributed by atoms with Crippen molar-refractivity contribution in [3.05, 3.63) is 22.8 Å². The summed E-state index contributed by atoms with van der Waals surface area (Å²) in [6.45, 7) is 5.14. The first-order valence-corrected chi connectivity index (χ1v) is 7.28. The number of nitrogens with one attached hydrogen (secondary N) is 1. The van der Waals surface area contributed by atoms with Crippen molar-refractivity contribution in [1.29, 1.82) is 0 Å². The lowest BCUT2D eigenvalue weighted by molar-refractivity contribution is 0.250. The van der Waals surface area contributed by atoms with E-state index in [0.717, 1.165) is 29.6 Å². The third kappa shape index (κ3) is 5.15. The zero-order valence-electron chi connectivity index (χ0n) is 10.2. The number of aliphatic hydroxyl groups is 1. The van der Waals surface area contributed by atoms with Crippen LogP contribution in [0.1, 0.15) is 19.5 Å². The molecule has 0 aromatic carbocycles. The third-order valence-corrected chi connectivity index (χ3v) is 3.86. The van der Waals surface area contributed by atoms with Gasteiger partial charge in [0.05, 0.1) is 10.7 Å². The molecule has 17 heavy (non-hydrogen) atoms. The lowest BCUT2D eigenvalue weighted by Crippen LogP contribution is -2.05. The second-order valence-corrected chi connectivity index (χ2v) is 5.40. The van der Waals surface area contributed by atoms with E-state index in [1.165, 1.54) is 0 Å². The summed E-state index contributed by atoms with van der Waals surface area (Å²) in [6.07, 6.45) is 0. The van der Waals surface area contributed by atoms with Crippen LogP contribution in [0.4, 0.5) is 5.82 Å². The van der Waals surface area contributed by atoms with E-state index in [-0.39, 0.29) is 6.61 Å². The van der Waals surface area contributed by atoms with Gasteiger partial charge in [-0.1, -0.05) is 18.5 Å². The van der Waals surface area contributed by atoms with Crippen LogP contribution >= 0.6 is 23.4 Å². The van der Waals surface area contributed by atoms with E-state index in [1.807, 2.05) is 26.0 Å². The molecule has 0 spiro atoms. The maximum atomic E-state index is 8.94. The Morgan fingerprint density at radius 3 is 2.94 bits per heavy atom. The Kier molecular flexibility index (Phi) is 6.70. The Morgan fingerprint density at radius 1 is 1.53 bits per heavy atom. The van der Waals surface area contributed by atoms with Gasteiger partial charge in [-0.05, 0) is 30.7 Å². The molecule has 1 aromatic rings. The second-order valence-electron chi connectivity index (χ2n) is 3.96. The van der Waals surface area contributed by atoms with Gasteiger partial charge in [-0.15, -0.1) is 0 Å². The van der Waals surface area contributed by atoms with Crippen LogP contribution < -0.4 is 5.32 Å². The average molecular weight is 275 g/mol. The van der Waals surface area contributed by atoms with Gasteiger partial charge in [0.25, 0.3) is 0 Å². The molecular weight excluding hydrogens is 256 g/mol. The SMILES string of the molecule is CCNc1ccc(Cl)c(CSCC(C)CO)n1. The summed E-state index contributed by atoms with van der Waals surface area (Å²) in [4.78, 5) is 4.46. The largest absolute Gasteiger partial charge is 0.396 e. The number of rotatable bonds is 7. The Bertz CT molecular complexity index is 349. The number of aliphatic hydroxyl groups excluding tert-OH is 1. The van der Waals surface area contributed by atoms with Gasteiger partial charge in [0.1, 0.15) is 5.82 Å². The lowest BCUT2D eigenvalue weighted by Gasteiger charge is -2.09. The molecule has 5 heteroatoms. The second kappa shape index (κ2) is 7.80. The molecule has 1 rings (SSSR count). The van der Waals surface area contributed by atoms with E-state index in [2.05, 4.69) is 10.3 Å². The monoisotopic (exact) mass is 274 g/mol. The van der Waals surface area contributed by atoms with Crippen LogP contribution in [0.2, 0.25) is 5.02 Å². The van der Waals surface area contributed by atoms with Crippen LogP contribution in [0.5, 0.6) is 0 Å². The summed E-state index contributed by atoms with van der Waals surface area (Å²) in [7, 11) is 0. The van der Waals surface area contributed by atoms with Crippen LogP contribution in [0.25, 0.3) is 0 Å². The number of thioether (sulfide) groups is 1. The van der Waals surface area contributed by atoms with Crippen molar-refractivity contribution in [1.82, 2.24) is 4.98 Å². The van der Waals surface area contributed by atoms with Crippen LogP contribution in [-0.4, -0.2) is 29.0 Å². The molecule has 1 atom stereocenters. The predicted octanol–water partition coefficient (Wildman–Crippen LogP) is 3.03. The molecule has 0 bridgehead atoms. The molecule has 0 aliphatic rings. The summed E-state index contributed by atoms with van der Waals surface area (Å²) >= 11 is 7.84.